The Morgan fingerprint density at radius 1 is 1.07 bits per heavy atom. The first-order chi connectivity index (χ1) is 13.5. The lowest BCUT2D eigenvalue weighted by molar-refractivity contribution is 0.0601. The Morgan fingerprint density at radius 2 is 1.82 bits per heavy atom. The van der Waals surface area contributed by atoms with E-state index in [4.69, 9.17) is 16.3 Å². The summed E-state index contributed by atoms with van der Waals surface area (Å²) < 4.78 is 4.77. The lowest BCUT2D eigenvalue weighted by Gasteiger charge is -2.14. The minimum atomic E-state index is -0.444. The summed E-state index contributed by atoms with van der Waals surface area (Å²) in [6, 6.07) is 16.8. The molecule has 144 valence electrons. The zero-order valence-corrected chi connectivity index (χ0v) is 16.6. The van der Waals surface area contributed by atoms with Crippen LogP contribution in [0, 0.1) is 0 Å². The number of rotatable bonds is 6. The van der Waals surface area contributed by atoms with Crippen LogP contribution in [0.15, 0.2) is 54.6 Å². The lowest BCUT2D eigenvalue weighted by atomic mass is 10.1. The molecule has 28 heavy (non-hydrogen) atoms. The topological polar surface area (TPSA) is 76.1 Å². The van der Waals surface area contributed by atoms with E-state index in [-0.39, 0.29) is 6.04 Å². The molecule has 0 saturated carbocycles. The van der Waals surface area contributed by atoms with Gasteiger partial charge in [-0.25, -0.2) is 9.78 Å². The third-order valence-electron chi connectivity index (χ3n) is 3.87. The number of nitrogens with one attached hydrogen (secondary N) is 2. The van der Waals surface area contributed by atoms with E-state index in [0.717, 1.165) is 11.3 Å². The molecule has 3 rings (SSSR count). The predicted octanol–water partition coefficient (Wildman–Crippen LogP) is 5.15. The fraction of sp³-hybridized carbons (Fsp3) is 0.190. The van der Waals surface area contributed by atoms with Crippen molar-refractivity contribution in [1.29, 1.82) is 0 Å². The summed E-state index contributed by atoms with van der Waals surface area (Å²) in [5.41, 5.74) is 2.63. The Morgan fingerprint density at radius 3 is 2.50 bits per heavy atom. The molecule has 0 bridgehead atoms. The van der Waals surface area contributed by atoms with E-state index in [1.807, 2.05) is 50.2 Å². The summed E-state index contributed by atoms with van der Waals surface area (Å²) in [4.78, 5) is 20.9. The van der Waals surface area contributed by atoms with Gasteiger partial charge in [0.2, 0.25) is 5.95 Å². The van der Waals surface area contributed by atoms with Crippen molar-refractivity contribution in [2.45, 2.75) is 19.9 Å². The second kappa shape index (κ2) is 8.71. The number of benzene rings is 2. The van der Waals surface area contributed by atoms with Gasteiger partial charge in [0.1, 0.15) is 5.82 Å². The third kappa shape index (κ3) is 4.78. The van der Waals surface area contributed by atoms with Gasteiger partial charge in [-0.15, -0.1) is 0 Å². The summed E-state index contributed by atoms with van der Waals surface area (Å²) in [7, 11) is 1.33. The highest BCUT2D eigenvalue weighted by Gasteiger charge is 2.12. The number of esters is 1. The molecule has 0 amide bonds. The van der Waals surface area contributed by atoms with Gasteiger partial charge in [-0.2, -0.15) is 4.98 Å². The number of aromatic nitrogens is 2. The molecule has 3 aromatic rings. The Labute approximate surface area is 168 Å². The van der Waals surface area contributed by atoms with Gasteiger partial charge >= 0.3 is 5.97 Å². The van der Waals surface area contributed by atoms with Gasteiger partial charge in [0.15, 0.2) is 0 Å². The van der Waals surface area contributed by atoms with Crippen molar-refractivity contribution >= 4 is 35.0 Å². The van der Waals surface area contributed by atoms with Crippen molar-refractivity contribution in [1.82, 2.24) is 9.97 Å². The van der Waals surface area contributed by atoms with Crippen LogP contribution in [-0.4, -0.2) is 29.1 Å². The number of ether oxygens (including phenoxy) is 1. The molecule has 2 aromatic carbocycles. The molecule has 0 unspecified atom stereocenters. The molecule has 2 N–H and O–H groups in total. The first-order valence-electron chi connectivity index (χ1n) is 8.82. The Hall–Kier alpha value is -3.12. The van der Waals surface area contributed by atoms with Gasteiger partial charge in [0.05, 0.1) is 29.1 Å². The summed E-state index contributed by atoms with van der Waals surface area (Å²) in [6.07, 6.45) is 0. The molecule has 6 nitrogen and oxygen atoms in total. The number of hydrogen-bond acceptors (Lipinski definition) is 6. The summed E-state index contributed by atoms with van der Waals surface area (Å²) in [6.45, 7) is 4.07. The number of methoxy groups -OCH3 is 1. The summed E-state index contributed by atoms with van der Waals surface area (Å²) in [5, 5.41) is 6.85. The van der Waals surface area contributed by atoms with Crippen molar-refractivity contribution in [2.75, 3.05) is 17.7 Å². The van der Waals surface area contributed by atoms with Gasteiger partial charge in [0, 0.05) is 17.7 Å². The van der Waals surface area contributed by atoms with Crippen molar-refractivity contribution in [2.24, 2.45) is 0 Å². The second-order valence-corrected chi connectivity index (χ2v) is 6.85. The SMILES string of the molecule is COC(=O)c1ccc(Cl)c(Nc2nc(NC(C)C)cc(-c3ccccc3)n2)c1. The van der Waals surface area contributed by atoms with Crippen LogP contribution >= 0.6 is 11.6 Å². The van der Waals surface area contributed by atoms with Gasteiger partial charge in [-0.3, -0.25) is 0 Å². The van der Waals surface area contributed by atoms with Crippen LogP contribution in [0.3, 0.4) is 0 Å². The normalized spacial score (nSPS) is 10.6. The molecule has 0 atom stereocenters. The number of hydrogen-bond donors (Lipinski definition) is 2. The Balaban J connectivity index is 2.00. The molecule has 0 spiro atoms. The highest BCUT2D eigenvalue weighted by molar-refractivity contribution is 6.33. The number of halogens is 1. The molecular weight excluding hydrogens is 376 g/mol. The average molecular weight is 397 g/mol. The number of nitrogens with zero attached hydrogens (tertiary/aromatic N) is 2. The molecule has 1 heterocycles. The molecular formula is C21H21ClN4O2. The van der Waals surface area contributed by atoms with Crippen LogP contribution in [0.25, 0.3) is 11.3 Å². The number of carbonyl (C=O) groups is 1. The minimum Gasteiger partial charge on any atom is -0.465 e. The third-order valence-corrected chi connectivity index (χ3v) is 4.20. The molecule has 7 heteroatoms. The zero-order valence-electron chi connectivity index (χ0n) is 15.9. The van der Waals surface area contributed by atoms with Gasteiger partial charge in [0.25, 0.3) is 0 Å². The maximum atomic E-state index is 11.8. The van der Waals surface area contributed by atoms with Crippen molar-refractivity contribution < 1.29 is 9.53 Å². The van der Waals surface area contributed by atoms with E-state index in [1.54, 1.807) is 18.2 Å². The Bertz CT molecular complexity index is 977. The fourth-order valence-electron chi connectivity index (χ4n) is 2.62. The highest BCUT2D eigenvalue weighted by atomic mass is 35.5. The minimum absolute atomic E-state index is 0.206. The average Bonchev–Trinajstić information content (AvgIpc) is 2.69. The van der Waals surface area contributed by atoms with Gasteiger partial charge in [-0.1, -0.05) is 41.9 Å². The van der Waals surface area contributed by atoms with E-state index in [0.29, 0.717) is 28.0 Å². The first-order valence-corrected chi connectivity index (χ1v) is 9.20. The summed E-state index contributed by atoms with van der Waals surface area (Å²) in [5.74, 6) is 0.612. The smallest absolute Gasteiger partial charge is 0.337 e. The maximum absolute atomic E-state index is 11.8. The zero-order chi connectivity index (χ0) is 20.1. The predicted molar refractivity (Wildman–Crippen MR) is 112 cm³/mol. The van der Waals surface area contributed by atoms with E-state index >= 15 is 0 Å². The highest BCUT2D eigenvalue weighted by Crippen LogP contribution is 2.28. The molecule has 0 aliphatic rings. The van der Waals surface area contributed by atoms with E-state index in [9.17, 15) is 4.79 Å². The molecule has 0 fully saturated rings. The monoisotopic (exact) mass is 396 g/mol. The van der Waals surface area contributed by atoms with Crippen molar-refractivity contribution in [3.8, 4) is 11.3 Å². The van der Waals surface area contributed by atoms with E-state index < -0.39 is 5.97 Å². The van der Waals surface area contributed by atoms with E-state index in [2.05, 4.69) is 20.6 Å². The van der Waals surface area contributed by atoms with Crippen LogP contribution in [0.2, 0.25) is 5.02 Å². The molecule has 0 aliphatic carbocycles. The standard InChI is InChI=1S/C21H21ClN4O2/c1-13(2)23-19-12-17(14-7-5-4-6-8-14)24-21(26-19)25-18-11-15(20(27)28-3)9-10-16(18)22/h4-13H,1-3H3,(H2,23,24,25,26). The van der Waals surface area contributed by atoms with Crippen LogP contribution in [0.4, 0.5) is 17.5 Å². The largest absolute Gasteiger partial charge is 0.465 e. The van der Waals surface area contributed by atoms with Crippen molar-refractivity contribution in [3.05, 3.63) is 65.2 Å². The first kappa shape index (κ1) is 19.6. The number of anilines is 3. The Kier molecular flexibility index (Phi) is 6.11. The quantitative estimate of drug-likeness (QED) is 0.561. The van der Waals surface area contributed by atoms with Gasteiger partial charge in [-0.05, 0) is 32.0 Å². The van der Waals surface area contributed by atoms with Gasteiger partial charge < -0.3 is 15.4 Å². The molecule has 1 aromatic heterocycles. The molecule has 0 saturated heterocycles. The maximum Gasteiger partial charge on any atom is 0.337 e. The second-order valence-electron chi connectivity index (χ2n) is 6.44. The fourth-order valence-corrected chi connectivity index (χ4v) is 2.78. The summed E-state index contributed by atoms with van der Waals surface area (Å²) >= 11 is 6.29. The lowest BCUT2D eigenvalue weighted by Crippen LogP contribution is -2.12. The number of carbonyl (C=O) groups excluding carboxylic acids is 1. The van der Waals surface area contributed by atoms with Crippen LogP contribution < -0.4 is 10.6 Å². The molecule has 0 aliphatic heterocycles. The molecule has 0 radical (unpaired) electrons. The van der Waals surface area contributed by atoms with Crippen LogP contribution in [0.1, 0.15) is 24.2 Å². The van der Waals surface area contributed by atoms with E-state index in [1.165, 1.54) is 7.11 Å². The van der Waals surface area contributed by atoms with Crippen LogP contribution in [-0.2, 0) is 4.74 Å². The van der Waals surface area contributed by atoms with Crippen LogP contribution in [0.5, 0.6) is 0 Å². The van der Waals surface area contributed by atoms with Crippen molar-refractivity contribution in [3.63, 3.8) is 0 Å².